The molecule has 0 spiro atoms. The maximum absolute atomic E-state index is 6.10. The minimum atomic E-state index is -0.160. The highest BCUT2D eigenvalue weighted by Gasteiger charge is 2.24. The molecular weight excluding hydrogens is 256 g/mol. The summed E-state index contributed by atoms with van der Waals surface area (Å²) in [7, 11) is 0. The van der Waals surface area contributed by atoms with Crippen molar-refractivity contribution in [2.24, 2.45) is 16.1 Å². The van der Waals surface area contributed by atoms with Crippen molar-refractivity contribution < 1.29 is 0 Å². The van der Waals surface area contributed by atoms with Crippen molar-refractivity contribution in [1.82, 2.24) is 4.98 Å². The predicted octanol–water partition coefficient (Wildman–Crippen LogP) is 2.97. The summed E-state index contributed by atoms with van der Waals surface area (Å²) in [6.45, 7) is 10.0. The van der Waals surface area contributed by atoms with Crippen LogP contribution in [-0.2, 0) is 6.42 Å². The molecule has 1 aliphatic rings. The summed E-state index contributed by atoms with van der Waals surface area (Å²) in [4.78, 5) is 10.0. The van der Waals surface area contributed by atoms with Crippen LogP contribution in [0, 0.1) is 5.41 Å². The molecule has 4 nitrogen and oxygen atoms in total. The molecule has 1 aliphatic carbocycles. The number of aryl methyl sites for hydroxylation is 1. The second-order valence-electron chi connectivity index (χ2n) is 5.65. The lowest BCUT2D eigenvalue weighted by atomic mass is 9.94. The van der Waals surface area contributed by atoms with Crippen molar-refractivity contribution in [3.05, 3.63) is 28.8 Å². The lowest BCUT2D eigenvalue weighted by molar-refractivity contribution is 0.585. The number of anilines is 1. The molecule has 4 N–H and O–H groups in total. The minimum absolute atomic E-state index is 0.160. The highest BCUT2D eigenvalue weighted by Crippen LogP contribution is 2.38. The lowest BCUT2D eigenvalue weighted by Gasteiger charge is -2.20. The van der Waals surface area contributed by atoms with E-state index in [0.29, 0.717) is 11.0 Å². The molecule has 1 heterocycles. The first-order valence-electron chi connectivity index (χ1n) is 6.28. The largest absolute Gasteiger partial charge is 0.387 e. The van der Waals surface area contributed by atoms with E-state index < -0.39 is 0 Å². The zero-order valence-electron chi connectivity index (χ0n) is 11.7. The molecule has 0 unspecified atom stereocenters. The summed E-state index contributed by atoms with van der Waals surface area (Å²) in [5.41, 5.74) is 14.8. The third-order valence-corrected chi connectivity index (χ3v) is 4.04. The molecule has 0 amide bonds. The van der Waals surface area contributed by atoms with E-state index in [1.54, 1.807) is 0 Å². The Morgan fingerprint density at radius 1 is 1.42 bits per heavy atom. The van der Waals surface area contributed by atoms with E-state index in [-0.39, 0.29) is 5.41 Å². The average molecular weight is 276 g/mol. The number of thiazole rings is 1. The Bertz CT molecular complexity index is 573. The number of hydrogen-bond acceptors (Lipinski definition) is 4. The fourth-order valence-electron chi connectivity index (χ4n) is 1.85. The third-order valence-electron chi connectivity index (χ3n) is 3.11. The van der Waals surface area contributed by atoms with Crippen molar-refractivity contribution in [2.75, 3.05) is 5.73 Å². The Morgan fingerprint density at radius 3 is 2.68 bits per heavy atom. The predicted molar refractivity (Wildman–Crippen MR) is 83.0 cm³/mol. The number of aliphatic imine (C=N–C) groups is 1. The fourth-order valence-corrected chi connectivity index (χ4v) is 2.76. The van der Waals surface area contributed by atoms with Crippen molar-refractivity contribution in [1.29, 1.82) is 0 Å². The van der Waals surface area contributed by atoms with Crippen LogP contribution in [0.3, 0.4) is 0 Å². The molecule has 19 heavy (non-hydrogen) atoms. The number of amidine groups is 1. The van der Waals surface area contributed by atoms with E-state index in [1.807, 2.05) is 26.8 Å². The molecule has 1 aromatic heterocycles. The Morgan fingerprint density at radius 2 is 2.11 bits per heavy atom. The van der Waals surface area contributed by atoms with Gasteiger partial charge >= 0.3 is 0 Å². The van der Waals surface area contributed by atoms with Crippen LogP contribution >= 0.6 is 11.3 Å². The molecule has 0 saturated heterocycles. The maximum Gasteiger partial charge on any atom is 0.180 e. The summed E-state index contributed by atoms with van der Waals surface area (Å²) >= 11 is 1.47. The number of allylic oxidation sites excluding steroid dienone is 2. The molecule has 0 fully saturated rings. The van der Waals surface area contributed by atoms with Gasteiger partial charge in [0.15, 0.2) is 5.13 Å². The number of fused-ring (bicyclic) bond motifs is 1. The summed E-state index contributed by atoms with van der Waals surface area (Å²) in [6, 6.07) is 0. The first-order chi connectivity index (χ1) is 8.82. The number of nitrogen functional groups attached to an aromatic ring is 1. The van der Waals surface area contributed by atoms with Gasteiger partial charge in [-0.25, -0.2) is 9.98 Å². The maximum atomic E-state index is 6.10. The molecule has 102 valence electrons. The highest BCUT2D eigenvalue weighted by atomic mass is 32.1. The number of hydrogen-bond donors (Lipinski definition) is 2. The van der Waals surface area contributed by atoms with Gasteiger partial charge in [-0.1, -0.05) is 44.8 Å². The number of aromatic nitrogens is 1. The van der Waals surface area contributed by atoms with Crippen LogP contribution in [0.5, 0.6) is 0 Å². The Kier molecular flexibility index (Phi) is 3.49. The van der Waals surface area contributed by atoms with E-state index in [9.17, 15) is 0 Å². The molecule has 0 radical (unpaired) electrons. The van der Waals surface area contributed by atoms with Crippen molar-refractivity contribution >= 4 is 28.0 Å². The molecule has 2 rings (SSSR count). The summed E-state index contributed by atoms with van der Waals surface area (Å²) < 4.78 is 0. The first-order valence-corrected chi connectivity index (χ1v) is 7.10. The van der Waals surface area contributed by atoms with Gasteiger partial charge in [-0.3, -0.25) is 0 Å². The van der Waals surface area contributed by atoms with Gasteiger partial charge in [-0.2, -0.15) is 0 Å². The summed E-state index contributed by atoms with van der Waals surface area (Å²) in [6.07, 6.45) is 3.63. The van der Waals surface area contributed by atoms with E-state index in [4.69, 9.17) is 11.5 Å². The standard InChI is InChI=1S/C14H20N4S/c1-5-8-6-7-9-11(19-13(16)17-9)10(8)18-12(15)14(2,3)4/h5H,1,6-7H2,2-4H3,(H2,15,18)(H2,16,17). The normalized spacial score (nSPS) is 16.5. The van der Waals surface area contributed by atoms with E-state index >= 15 is 0 Å². The van der Waals surface area contributed by atoms with Gasteiger partial charge in [0.1, 0.15) is 5.84 Å². The lowest BCUT2D eigenvalue weighted by Crippen LogP contribution is -2.29. The number of rotatable bonds is 2. The van der Waals surface area contributed by atoms with Gasteiger partial charge in [0.25, 0.3) is 0 Å². The molecule has 0 saturated carbocycles. The molecule has 0 aliphatic heterocycles. The Hall–Kier alpha value is -1.62. The van der Waals surface area contributed by atoms with Gasteiger partial charge in [-0.15, -0.1) is 0 Å². The van der Waals surface area contributed by atoms with Crippen molar-refractivity contribution in [3.63, 3.8) is 0 Å². The van der Waals surface area contributed by atoms with Crippen LogP contribution in [-0.4, -0.2) is 10.8 Å². The van der Waals surface area contributed by atoms with Crippen LogP contribution < -0.4 is 11.5 Å². The van der Waals surface area contributed by atoms with Crippen LogP contribution in [0.4, 0.5) is 5.13 Å². The average Bonchev–Trinajstić information content (AvgIpc) is 2.69. The van der Waals surface area contributed by atoms with Crippen LogP contribution in [0.15, 0.2) is 23.2 Å². The third kappa shape index (κ3) is 2.71. The number of nitrogens with zero attached hydrogens (tertiary/aromatic N) is 2. The monoisotopic (exact) mass is 276 g/mol. The van der Waals surface area contributed by atoms with E-state index in [0.717, 1.165) is 34.7 Å². The van der Waals surface area contributed by atoms with Crippen LogP contribution in [0.2, 0.25) is 0 Å². The minimum Gasteiger partial charge on any atom is -0.387 e. The van der Waals surface area contributed by atoms with Crippen LogP contribution in [0.1, 0.15) is 37.8 Å². The van der Waals surface area contributed by atoms with E-state index in [2.05, 4.69) is 16.6 Å². The second kappa shape index (κ2) is 4.81. The van der Waals surface area contributed by atoms with Crippen molar-refractivity contribution in [3.8, 4) is 0 Å². The SMILES string of the molecule is C=CC1=C(N=C(N)C(C)(C)C)c2sc(N)nc2CC1. The molecular formula is C14H20N4S. The molecule has 1 aromatic rings. The zero-order valence-corrected chi connectivity index (χ0v) is 12.5. The molecule has 0 bridgehead atoms. The highest BCUT2D eigenvalue weighted by molar-refractivity contribution is 7.16. The van der Waals surface area contributed by atoms with Gasteiger partial charge < -0.3 is 11.5 Å². The summed E-state index contributed by atoms with van der Waals surface area (Å²) in [5, 5.41) is 0.581. The van der Waals surface area contributed by atoms with E-state index in [1.165, 1.54) is 11.3 Å². The molecule has 0 aromatic carbocycles. The molecule has 5 heteroatoms. The van der Waals surface area contributed by atoms with Crippen LogP contribution in [0.25, 0.3) is 5.70 Å². The summed E-state index contributed by atoms with van der Waals surface area (Å²) in [5.74, 6) is 0.613. The fraction of sp³-hybridized carbons (Fsp3) is 0.429. The van der Waals surface area contributed by atoms with Gasteiger partial charge in [-0.05, 0) is 18.4 Å². The Labute approximate surface area is 117 Å². The van der Waals surface area contributed by atoms with Crippen molar-refractivity contribution in [2.45, 2.75) is 33.6 Å². The Balaban J connectivity index is 2.56. The smallest absolute Gasteiger partial charge is 0.180 e. The number of nitrogens with two attached hydrogens (primary N) is 2. The van der Waals surface area contributed by atoms with Gasteiger partial charge in [0.05, 0.1) is 16.3 Å². The zero-order chi connectivity index (χ0) is 14.2. The molecule has 0 atom stereocenters. The topological polar surface area (TPSA) is 77.3 Å². The van der Waals surface area contributed by atoms with Gasteiger partial charge in [0, 0.05) is 5.41 Å². The first kappa shape index (κ1) is 13.8. The van der Waals surface area contributed by atoms with Gasteiger partial charge in [0.2, 0.25) is 0 Å². The second-order valence-corrected chi connectivity index (χ2v) is 6.68. The quantitative estimate of drug-likeness (QED) is 0.644.